The monoisotopic (exact) mass is 264 g/mol. The quantitative estimate of drug-likeness (QED) is 0.845. The number of nitriles is 1. The summed E-state index contributed by atoms with van der Waals surface area (Å²) in [6, 6.07) is 8.53. The summed E-state index contributed by atoms with van der Waals surface area (Å²) in [6.45, 7) is 0. The van der Waals surface area contributed by atoms with Gasteiger partial charge in [0.05, 0.1) is 22.3 Å². The van der Waals surface area contributed by atoms with E-state index in [4.69, 9.17) is 28.5 Å². The van der Waals surface area contributed by atoms with Crippen molar-refractivity contribution in [3.63, 3.8) is 0 Å². The van der Waals surface area contributed by atoms with Crippen LogP contribution >= 0.6 is 23.2 Å². The summed E-state index contributed by atoms with van der Waals surface area (Å²) in [5.74, 6) is 0.539. The molecule has 17 heavy (non-hydrogen) atoms. The minimum absolute atomic E-state index is 0.340. The number of aromatic nitrogens is 2. The van der Waals surface area contributed by atoms with Crippen LogP contribution in [0.1, 0.15) is 5.56 Å². The summed E-state index contributed by atoms with van der Waals surface area (Å²) in [5, 5.41) is 12.5. The molecule has 0 aliphatic rings. The van der Waals surface area contributed by atoms with E-state index in [9.17, 15) is 0 Å². The van der Waals surface area contributed by atoms with Gasteiger partial charge in [-0.3, -0.25) is 0 Å². The van der Waals surface area contributed by atoms with E-state index >= 15 is 0 Å². The van der Waals surface area contributed by atoms with Crippen molar-refractivity contribution < 1.29 is 0 Å². The molecule has 0 amide bonds. The number of hydrogen-bond acceptors (Lipinski definition) is 4. The fraction of sp³-hybridized carbons (Fsp3) is 0. The van der Waals surface area contributed by atoms with E-state index in [0.717, 1.165) is 0 Å². The normalized spacial score (nSPS) is 9.71. The van der Waals surface area contributed by atoms with Crippen LogP contribution < -0.4 is 5.32 Å². The first-order chi connectivity index (χ1) is 8.19. The maximum atomic E-state index is 8.71. The smallest absolute Gasteiger partial charge is 0.135 e. The number of benzene rings is 1. The Hall–Kier alpha value is -1.83. The van der Waals surface area contributed by atoms with Gasteiger partial charge in [0.1, 0.15) is 17.3 Å². The van der Waals surface area contributed by atoms with Gasteiger partial charge in [0.25, 0.3) is 0 Å². The van der Waals surface area contributed by atoms with Crippen molar-refractivity contribution in [2.75, 3.05) is 5.32 Å². The van der Waals surface area contributed by atoms with Crippen LogP contribution in [-0.2, 0) is 0 Å². The van der Waals surface area contributed by atoms with Crippen LogP contribution in [0.4, 0.5) is 11.5 Å². The molecule has 0 fully saturated rings. The average molecular weight is 265 g/mol. The van der Waals surface area contributed by atoms with Gasteiger partial charge in [0.15, 0.2) is 0 Å². The van der Waals surface area contributed by atoms with Crippen molar-refractivity contribution in [2.24, 2.45) is 0 Å². The number of anilines is 2. The summed E-state index contributed by atoms with van der Waals surface area (Å²) in [7, 11) is 0. The third-order valence-corrected chi connectivity index (χ3v) is 2.51. The van der Waals surface area contributed by atoms with Crippen LogP contribution in [0.25, 0.3) is 0 Å². The Kier molecular flexibility index (Phi) is 3.43. The Bertz CT molecular complexity index is 592. The SMILES string of the molecule is N#Cc1ccc(Nc2cc(Cl)ncn2)c(Cl)c1. The standard InChI is InChI=1S/C11H6Cl2N4/c12-8-3-7(5-14)1-2-9(8)17-11-4-10(13)15-6-16-11/h1-4,6H,(H,15,16,17). The van der Waals surface area contributed by atoms with Crippen LogP contribution in [0.15, 0.2) is 30.6 Å². The molecule has 1 aromatic carbocycles. The Morgan fingerprint density at radius 1 is 1.18 bits per heavy atom. The molecule has 1 aromatic heterocycles. The highest BCUT2D eigenvalue weighted by Crippen LogP contribution is 2.25. The zero-order valence-electron chi connectivity index (χ0n) is 8.48. The second-order valence-electron chi connectivity index (χ2n) is 3.16. The van der Waals surface area contributed by atoms with Gasteiger partial charge < -0.3 is 5.32 Å². The summed E-state index contributed by atoms with van der Waals surface area (Å²) in [5.41, 5.74) is 1.15. The Morgan fingerprint density at radius 3 is 2.65 bits per heavy atom. The van der Waals surface area contributed by atoms with Gasteiger partial charge in [-0.15, -0.1) is 0 Å². The van der Waals surface area contributed by atoms with Crippen LogP contribution in [0.2, 0.25) is 10.2 Å². The van der Waals surface area contributed by atoms with Crippen LogP contribution in [0.3, 0.4) is 0 Å². The highest BCUT2D eigenvalue weighted by molar-refractivity contribution is 6.33. The molecular weight excluding hydrogens is 259 g/mol. The maximum Gasteiger partial charge on any atom is 0.135 e. The van der Waals surface area contributed by atoms with Crippen molar-refractivity contribution in [1.29, 1.82) is 5.26 Å². The predicted octanol–water partition coefficient (Wildman–Crippen LogP) is 3.40. The lowest BCUT2D eigenvalue weighted by molar-refractivity contribution is 1.17. The molecule has 1 heterocycles. The van der Waals surface area contributed by atoms with Gasteiger partial charge >= 0.3 is 0 Å². The van der Waals surface area contributed by atoms with Crippen molar-refractivity contribution in [2.45, 2.75) is 0 Å². The molecule has 6 heteroatoms. The molecule has 1 N–H and O–H groups in total. The lowest BCUT2D eigenvalue weighted by atomic mass is 10.2. The van der Waals surface area contributed by atoms with E-state index < -0.39 is 0 Å². The second kappa shape index (κ2) is 5.00. The molecule has 0 atom stereocenters. The maximum absolute atomic E-state index is 8.71. The van der Waals surface area contributed by atoms with Crippen molar-refractivity contribution in [3.05, 3.63) is 46.3 Å². The van der Waals surface area contributed by atoms with Crippen LogP contribution in [-0.4, -0.2) is 9.97 Å². The third-order valence-electron chi connectivity index (χ3n) is 1.99. The minimum atomic E-state index is 0.340. The van der Waals surface area contributed by atoms with E-state index in [1.807, 2.05) is 6.07 Å². The summed E-state index contributed by atoms with van der Waals surface area (Å²) >= 11 is 11.7. The van der Waals surface area contributed by atoms with Crippen molar-refractivity contribution >= 4 is 34.7 Å². The molecule has 0 saturated carbocycles. The number of nitrogens with one attached hydrogen (secondary N) is 1. The Balaban J connectivity index is 2.28. The van der Waals surface area contributed by atoms with E-state index in [1.54, 1.807) is 24.3 Å². The predicted molar refractivity (Wildman–Crippen MR) is 66.5 cm³/mol. The zero-order valence-corrected chi connectivity index (χ0v) is 10.00. The van der Waals surface area contributed by atoms with E-state index in [-0.39, 0.29) is 0 Å². The van der Waals surface area contributed by atoms with Gasteiger partial charge in [-0.25, -0.2) is 9.97 Å². The zero-order chi connectivity index (χ0) is 12.3. The molecule has 0 aliphatic carbocycles. The fourth-order valence-corrected chi connectivity index (χ4v) is 1.60. The summed E-state index contributed by atoms with van der Waals surface area (Å²) in [4.78, 5) is 7.76. The molecule has 2 rings (SSSR count). The molecule has 0 saturated heterocycles. The molecular formula is C11H6Cl2N4. The molecule has 84 valence electrons. The lowest BCUT2D eigenvalue weighted by Crippen LogP contribution is -1.95. The molecule has 4 nitrogen and oxygen atoms in total. The van der Waals surface area contributed by atoms with Gasteiger partial charge in [-0.2, -0.15) is 5.26 Å². The highest BCUT2D eigenvalue weighted by Gasteiger charge is 2.03. The first-order valence-corrected chi connectivity index (χ1v) is 5.39. The van der Waals surface area contributed by atoms with Gasteiger partial charge in [-0.05, 0) is 18.2 Å². The fourth-order valence-electron chi connectivity index (χ4n) is 1.23. The third kappa shape index (κ3) is 2.84. The highest BCUT2D eigenvalue weighted by atomic mass is 35.5. The average Bonchev–Trinajstić information content (AvgIpc) is 2.32. The number of halogens is 2. The summed E-state index contributed by atoms with van der Waals surface area (Å²) in [6.07, 6.45) is 1.35. The van der Waals surface area contributed by atoms with Gasteiger partial charge in [-0.1, -0.05) is 23.2 Å². The molecule has 0 radical (unpaired) electrons. The first kappa shape index (κ1) is 11.6. The van der Waals surface area contributed by atoms with Crippen molar-refractivity contribution in [1.82, 2.24) is 9.97 Å². The molecule has 0 unspecified atom stereocenters. The molecule has 0 aliphatic heterocycles. The Morgan fingerprint density at radius 2 is 2.00 bits per heavy atom. The van der Waals surface area contributed by atoms with Crippen LogP contribution in [0, 0.1) is 11.3 Å². The lowest BCUT2D eigenvalue weighted by Gasteiger charge is -2.07. The van der Waals surface area contributed by atoms with E-state index in [2.05, 4.69) is 15.3 Å². The van der Waals surface area contributed by atoms with Gasteiger partial charge in [0, 0.05) is 6.07 Å². The van der Waals surface area contributed by atoms with Gasteiger partial charge in [0.2, 0.25) is 0 Å². The number of hydrogen-bond donors (Lipinski definition) is 1. The summed E-state index contributed by atoms with van der Waals surface area (Å²) < 4.78 is 0. The molecule has 2 aromatic rings. The number of rotatable bonds is 2. The van der Waals surface area contributed by atoms with E-state index in [1.165, 1.54) is 6.33 Å². The van der Waals surface area contributed by atoms with E-state index in [0.29, 0.717) is 27.2 Å². The largest absolute Gasteiger partial charge is 0.339 e. The molecule has 0 bridgehead atoms. The van der Waals surface area contributed by atoms with Crippen LogP contribution in [0.5, 0.6) is 0 Å². The Labute approximate surface area is 108 Å². The molecule has 0 spiro atoms. The minimum Gasteiger partial charge on any atom is -0.339 e. The second-order valence-corrected chi connectivity index (χ2v) is 3.95. The number of nitrogens with zero attached hydrogens (tertiary/aromatic N) is 3. The van der Waals surface area contributed by atoms with Crippen molar-refractivity contribution in [3.8, 4) is 6.07 Å². The topological polar surface area (TPSA) is 61.6 Å². The first-order valence-electron chi connectivity index (χ1n) is 4.63.